The second-order valence-corrected chi connectivity index (χ2v) is 7.25. The van der Waals surface area contributed by atoms with Crippen LogP contribution in [0, 0.1) is 30.6 Å². The van der Waals surface area contributed by atoms with Gasteiger partial charge in [0, 0.05) is 16.8 Å². The predicted octanol–water partition coefficient (Wildman–Crippen LogP) is 4.32. The molecule has 2 aromatic rings. The average molecular weight is 308 g/mol. The SMILES string of the molecule is Cc1ccc(-c2c(C#N)c(CC(C)(C)C)nc(C)c2CO)cc1. The zero-order valence-corrected chi connectivity index (χ0v) is 14.6. The Kier molecular flexibility index (Phi) is 4.87. The Morgan fingerprint density at radius 2 is 1.74 bits per heavy atom. The lowest BCUT2D eigenvalue weighted by Crippen LogP contribution is -2.14. The maximum Gasteiger partial charge on any atom is 0.102 e. The molecule has 0 atom stereocenters. The third-order valence-corrected chi connectivity index (χ3v) is 3.89. The normalized spacial score (nSPS) is 11.3. The maximum absolute atomic E-state index is 9.81. The molecule has 0 amide bonds. The second-order valence-electron chi connectivity index (χ2n) is 7.25. The molecule has 2 rings (SSSR count). The van der Waals surface area contributed by atoms with Gasteiger partial charge in [0.25, 0.3) is 0 Å². The quantitative estimate of drug-likeness (QED) is 0.918. The summed E-state index contributed by atoms with van der Waals surface area (Å²) >= 11 is 0. The van der Waals surface area contributed by atoms with E-state index < -0.39 is 0 Å². The fourth-order valence-corrected chi connectivity index (χ4v) is 2.78. The van der Waals surface area contributed by atoms with Gasteiger partial charge in [-0.25, -0.2) is 0 Å². The first kappa shape index (κ1) is 17.2. The lowest BCUT2D eigenvalue weighted by molar-refractivity contribution is 0.281. The van der Waals surface area contributed by atoms with Crippen molar-refractivity contribution in [3.63, 3.8) is 0 Å². The van der Waals surface area contributed by atoms with Gasteiger partial charge >= 0.3 is 0 Å². The van der Waals surface area contributed by atoms with Crippen LogP contribution in [-0.2, 0) is 13.0 Å². The lowest BCUT2D eigenvalue weighted by atomic mass is 9.85. The van der Waals surface area contributed by atoms with Crippen LogP contribution in [0.3, 0.4) is 0 Å². The van der Waals surface area contributed by atoms with Gasteiger partial charge in [-0.05, 0) is 31.2 Å². The highest BCUT2D eigenvalue weighted by molar-refractivity contribution is 5.75. The van der Waals surface area contributed by atoms with Crippen molar-refractivity contribution in [1.29, 1.82) is 5.26 Å². The molecule has 1 heterocycles. The molecule has 3 heteroatoms. The first-order valence-corrected chi connectivity index (χ1v) is 7.87. The minimum atomic E-state index is -0.119. The summed E-state index contributed by atoms with van der Waals surface area (Å²) in [6, 6.07) is 10.4. The molecule has 0 radical (unpaired) electrons. The van der Waals surface area contributed by atoms with Crippen LogP contribution >= 0.6 is 0 Å². The number of benzene rings is 1. The minimum Gasteiger partial charge on any atom is -0.392 e. The van der Waals surface area contributed by atoms with Crippen molar-refractivity contribution in [3.05, 3.63) is 52.3 Å². The van der Waals surface area contributed by atoms with Gasteiger partial charge in [0.2, 0.25) is 0 Å². The Hall–Kier alpha value is -2.18. The molecule has 0 saturated carbocycles. The second kappa shape index (κ2) is 6.52. The molecule has 0 bridgehead atoms. The van der Waals surface area contributed by atoms with E-state index >= 15 is 0 Å². The smallest absolute Gasteiger partial charge is 0.102 e. The van der Waals surface area contributed by atoms with Crippen LogP contribution in [0.5, 0.6) is 0 Å². The van der Waals surface area contributed by atoms with E-state index in [2.05, 4.69) is 31.8 Å². The number of aromatic nitrogens is 1. The summed E-state index contributed by atoms with van der Waals surface area (Å²) in [5.74, 6) is 0. The van der Waals surface area contributed by atoms with Gasteiger partial charge in [-0.1, -0.05) is 50.6 Å². The topological polar surface area (TPSA) is 56.9 Å². The predicted molar refractivity (Wildman–Crippen MR) is 92.9 cm³/mol. The molecule has 0 aliphatic heterocycles. The van der Waals surface area contributed by atoms with Crippen molar-refractivity contribution in [2.45, 2.75) is 47.6 Å². The van der Waals surface area contributed by atoms with E-state index in [1.54, 1.807) is 0 Å². The van der Waals surface area contributed by atoms with E-state index in [4.69, 9.17) is 0 Å². The van der Waals surface area contributed by atoms with Gasteiger partial charge in [0.15, 0.2) is 0 Å². The molecule has 0 aliphatic carbocycles. The first-order chi connectivity index (χ1) is 10.8. The number of aryl methyl sites for hydroxylation is 2. The third-order valence-electron chi connectivity index (χ3n) is 3.89. The Morgan fingerprint density at radius 3 is 2.22 bits per heavy atom. The summed E-state index contributed by atoms with van der Waals surface area (Å²) in [7, 11) is 0. The highest BCUT2D eigenvalue weighted by Gasteiger charge is 2.22. The van der Waals surface area contributed by atoms with E-state index in [1.807, 2.05) is 38.1 Å². The largest absolute Gasteiger partial charge is 0.392 e. The summed E-state index contributed by atoms with van der Waals surface area (Å²) in [5, 5.41) is 19.6. The Balaban J connectivity index is 2.76. The summed E-state index contributed by atoms with van der Waals surface area (Å²) in [4.78, 5) is 4.62. The molecule has 1 N–H and O–H groups in total. The molecule has 1 aromatic heterocycles. The van der Waals surface area contributed by atoms with E-state index in [1.165, 1.54) is 5.56 Å². The van der Waals surface area contributed by atoms with Crippen LogP contribution in [0.4, 0.5) is 0 Å². The van der Waals surface area contributed by atoms with Crippen molar-refractivity contribution < 1.29 is 5.11 Å². The van der Waals surface area contributed by atoms with Crippen LogP contribution in [0.15, 0.2) is 24.3 Å². The summed E-state index contributed by atoms with van der Waals surface area (Å²) < 4.78 is 0. The molecule has 1 aromatic carbocycles. The van der Waals surface area contributed by atoms with Gasteiger partial charge in [0.05, 0.1) is 17.9 Å². The molecule has 120 valence electrons. The molecule has 0 aliphatic rings. The highest BCUT2D eigenvalue weighted by atomic mass is 16.3. The molecule has 0 fully saturated rings. The standard InChI is InChI=1S/C20H24N2O/c1-13-6-8-15(9-7-13)19-16(11-21)18(10-20(3,4)5)22-14(2)17(19)12-23/h6-9,23H,10,12H2,1-5H3. The van der Waals surface area contributed by atoms with Crippen LogP contribution in [0.2, 0.25) is 0 Å². The zero-order valence-electron chi connectivity index (χ0n) is 14.6. The zero-order chi connectivity index (χ0) is 17.2. The average Bonchev–Trinajstić information content (AvgIpc) is 2.46. The van der Waals surface area contributed by atoms with E-state index in [-0.39, 0.29) is 12.0 Å². The Morgan fingerprint density at radius 1 is 1.13 bits per heavy atom. The number of nitrogens with zero attached hydrogens (tertiary/aromatic N) is 2. The van der Waals surface area contributed by atoms with Crippen LogP contribution < -0.4 is 0 Å². The molecule has 0 spiro atoms. The number of aliphatic hydroxyl groups excluding tert-OH is 1. The molecular weight excluding hydrogens is 284 g/mol. The van der Waals surface area contributed by atoms with Gasteiger partial charge in [0.1, 0.15) is 6.07 Å². The molecule has 3 nitrogen and oxygen atoms in total. The highest BCUT2D eigenvalue weighted by Crippen LogP contribution is 2.33. The van der Waals surface area contributed by atoms with Crippen molar-refractivity contribution in [2.24, 2.45) is 5.41 Å². The first-order valence-electron chi connectivity index (χ1n) is 7.87. The van der Waals surface area contributed by atoms with Gasteiger partial charge in [-0.3, -0.25) is 4.98 Å². The summed E-state index contributed by atoms with van der Waals surface area (Å²) in [6.45, 7) is 10.2. The minimum absolute atomic E-state index is 0.0380. The van der Waals surface area contributed by atoms with Gasteiger partial charge in [-0.2, -0.15) is 5.26 Å². The van der Waals surface area contributed by atoms with Gasteiger partial charge in [-0.15, -0.1) is 0 Å². The van der Waals surface area contributed by atoms with Gasteiger partial charge < -0.3 is 5.11 Å². The Labute approximate surface area is 138 Å². The van der Waals surface area contributed by atoms with Crippen LogP contribution in [0.25, 0.3) is 11.1 Å². The van der Waals surface area contributed by atoms with E-state index in [0.717, 1.165) is 34.5 Å². The van der Waals surface area contributed by atoms with E-state index in [9.17, 15) is 10.4 Å². The van der Waals surface area contributed by atoms with E-state index in [0.29, 0.717) is 5.56 Å². The fourth-order valence-electron chi connectivity index (χ4n) is 2.78. The molecule has 23 heavy (non-hydrogen) atoms. The number of nitriles is 1. The molecule has 0 unspecified atom stereocenters. The fraction of sp³-hybridized carbons (Fsp3) is 0.400. The maximum atomic E-state index is 9.81. The number of hydrogen-bond donors (Lipinski definition) is 1. The monoisotopic (exact) mass is 308 g/mol. The number of hydrogen-bond acceptors (Lipinski definition) is 3. The number of rotatable bonds is 3. The lowest BCUT2D eigenvalue weighted by Gasteiger charge is -2.21. The summed E-state index contributed by atoms with van der Waals surface area (Å²) in [6.07, 6.45) is 0.724. The summed E-state index contributed by atoms with van der Waals surface area (Å²) in [5.41, 5.74) is 5.90. The Bertz CT molecular complexity index is 747. The van der Waals surface area contributed by atoms with Crippen molar-refractivity contribution in [1.82, 2.24) is 4.98 Å². The van der Waals surface area contributed by atoms with Crippen molar-refractivity contribution in [3.8, 4) is 17.2 Å². The molecule has 0 saturated heterocycles. The van der Waals surface area contributed by atoms with Crippen LogP contribution in [-0.4, -0.2) is 10.1 Å². The van der Waals surface area contributed by atoms with Crippen molar-refractivity contribution in [2.75, 3.05) is 0 Å². The van der Waals surface area contributed by atoms with Crippen molar-refractivity contribution >= 4 is 0 Å². The molecular formula is C20H24N2O. The van der Waals surface area contributed by atoms with Crippen LogP contribution in [0.1, 0.15) is 48.8 Å². The number of aliphatic hydroxyl groups is 1. The number of pyridine rings is 1. The third kappa shape index (κ3) is 3.78.